The van der Waals surface area contributed by atoms with Gasteiger partial charge >= 0.3 is 0 Å². The van der Waals surface area contributed by atoms with Gasteiger partial charge < -0.3 is 9.88 Å². The van der Waals surface area contributed by atoms with Crippen molar-refractivity contribution in [3.63, 3.8) is 0 Å². The second-order valence-corrected chi connectivity index (χ2v) is 9.39. The minimum absolute atomic E-state index is 0.130. The van der Waals surface area contributed by atoms with Crippen molar-refractivity contribution in [2.75, 3.05) is 19.6 Å². The average Bonchev–Trinajstić information content (AvgIpc) is 3.17. The molecule has 2 atom stereocenters. The summed E-state index contributed by atoms with van der Waals surface area (Å²) in [6, 6.07) is 10.4. The zero-order valence-electron chi connectivity index (χ0n) is 15.1. The highest BCUT2D eigenvalue weighted by Gasteiger charge is 2.40. The van der Waals surface area contributed by atoms with Crippen LogP contribution in [0.2, 0.25) is 0 Å². The first-order chi connectivity index (χ1) is 12.5. The molecule has 2 fully saturated rings. The van der Waals surface area contributed by atoms with E-state index in [1.807, 2.05) is 18.2 Å². The van der Waals surface area contributed by atoms with Crippen LogP contribution >= 0.6 is 0 Å². The Bertz CT molecular complexity index is 845. The highest BCUT2D eigenvalue weighted by Crippen LogP contribution is 2.33. The van der Waals surface area contributed by atoms with Crippen LogP contribution in [0.15, 0.2) is 47.9 Å². The fourth-order valence-corrected chi connectivity index (χ4v) is 5.20. The van der Waals surface area contributed by atoms with Crippen LogP contribution in [-0.4, -0.2) is 48.0 Å². The van der Waals surface area contributed by atoms with Crippen molar-refractivity contribution in [2.24, 2.45) is 13.0 Å². The van der Waals surface area contributed by atoms with Crippen molar-refractivity contribution in [3.8, 4) is 0 Å². The topological polar surface area (TPSA) is 67.2 Å². The van der Waals surface area contributed by atoms with Crippen LogP contribution in [0.25, 0.3) is 0 Å². The molecule has 1 aromatic carbocycles. The van der Waals surface area contributed by atoms with Crippen LogP contribution < -0.4 is 5.32 Å². The fourth-order valence-electron chi connectivity index (χ4n) is 3.74. The fraction of sp³-hybridized carbons (Fsp3) is 0.526. The van der Waals surface area contributed by atoms with Crippen LogP contribution in [0.5, 0.6) is 0 Å². The molecule has 2 heterocycles. The zero-order valence-corrected chi connectivity index (χ0v) is 15.9. The molecule has 26 heavy (non-hydrogen) atoms. The van der Waals surface area contributed by atoms with Gasteiger partial charge in [-0.3, -0.25) is 0 Å². The van der Waals surface area contributed by atoms with Gasteiger partial charge in [0.05, 0.1) is 6.33 Å². The molecule has 7 heteroatoms. The molecule has 1 N–H and O–H groups in total. The van der Waals surface area contributed by atoms with Crippen LogP contribution in [0.1, 0.15) is 30.7 Å². The summed E-state index contributed by atoms with van der Waals surface area (Å²) >= 11 is 0. The van der Waals surface area contributed by atoms with E-state index in [0.29, 0.717) is 13.1 Å². The van der Waals surface area contributed by atoms with Gasteiger partial charge in [-0.2, -0.15) is 4.31 Å². The first kappa shape index (κ1) is 17.7. The highest BCUT2D eigenvalue weighted by molar-refractivity contribution is 7.89. The maximum absolute atomic E-state index is 13.0. The molecule has 4 rings (SSSR count). The molecule has 1 aromatic heterocycles. The molecule has 1 saturated heterocycles. The van der Waals surface area contributed by atoms with Gasteiger partial charge in [0, 0.05) is 38.3 Å². The second kappa shape index (κ2) is 7.13. The predicted molar refractivity (Wildman–Crippen MR) is 100 cm³/mol. The SMILES string of the molecule is Cn1cnc(S(=O)(=O)N2C[C@H](NCCC3CC3)[C@@H](c3ccccc3)C2)c1. The maximum atomic E-state index is 13.0. The number of nitrogens with one attached hydrogen (secondary N) is 1. The summed E-state index contributed by atoms with van der Waals surface area (Å²) in [5, 5.41) is 3.76. The molecule has 6 nitrogen and oxygen atoms in total. The second-order valence-electron chi connectivity index (χ2n) is 7.51. The number of imidazole rings is 1. The number of hydrogen-bond acceptors (Lipinski definition) is 4. The molecule has 1 saturated carbocycles. The molecule has 2 aromatic rings. The lowest BCUT2D eigenvalue weighted by Gasteiger charge is -2.20. The Morgan fingerprint density at radius 1 is 1.19 bits per heavy atom. The van der Waals surface area contributed by atoms with Gasteiger partial charge in [-0.15, -0.1) is 0 Å². The quantitative estimate of drug-likeness (QED) is 0.805. The summed E-state index contributed by atoms with van der Waals surface area (Å²) in [5.74, 6) is 1.03. The normalized spacial score (nSPS) is 24.2. The van der Waals surface area contributed by atoms with Gasteiger partial charge in [0.2, 0.25) is 0 Å². The Kier molecular flexibility index (Phi) is 4.86. The standard InChI is InChI=1S/C19H26N4O2S/c1-22-13-19(21-14-22)26(24,25)23-11-17(16-5-3-2-4-6-16)18(12-23)20-10-9-15-7-8-15/h2-6,13-15,17-18,20H,7-12H2,1H3/t17-,18+/m1/s1. The van der Waals surface area contributed by atoms with E-state index in [0.717, 1.165) is 12.5 Å². The van der Waals surface area contributed by atoms with Crippen molar-refractivity contribution in [2.45, 2.75) is 36.2 Å². The number of sulfonamides is 1. The largest absolute Gasteiger partial charge is 0.339 e. The lowest BCUT2D eigenvalue weighted by atomic mass is 9.94. The molecule has 0 bridgehead atoms. The molecule has 0 spiro atoms. The molecule has 140 valence electrons. The summed E-state index contributed by atoms with van der Waals surface area (Å²) in [5.41, 5.74) is 1.19. The minimum atomic E-state index is -3.56. The van der Waals surface area contributed by atoms with Gasteiger partial charge in [0.25, 0.3) is 10.0 Å². The lowest BCUT2D eigenvalue weighted by Crippen LogP contribution is -2.37. The molecule has 0 unspecified atom stereocenters. The summed E-state index contributed by atoms with van der Waals surface area (Å²) in [7, 11) is -1.78. The van der Waals surface area contributed by atoms with Crippen LogP contribution in [0.4, 0.5) is 0 Å². The number of aromatic nitrogens is 2. The Morgan fingerprint density at radius 3 is 2.62 bits per heavy atom. The molecular weight excluding hydrogens is 348 g/mol. The van der Waals surface area contributed by atoms with Crippen molar-refractivity contribution >= 4 is 10.0 Å². The number of benzene rings is 1. The van der Waals surface area contributed by atoms with Crippen LogP contribution in [0.3, 0.4) is 0 Å². The molecule has 1 aliphatic heterocycles. The van der Waals surface area contributed by atoms with Gasteiger partial charge in [0.15, 0.2) is 5.03 Å². The number of rotatable bonds is 7. The number of nitrogens with zero attached hydrogens (tertiary/aromatic N) is 3. The van der Waals surface area contributed by atoms with Gasteiger partial charge in [-0.1, -0.05) is 43.2 Å². The van der Waals surface area contributed by atoms with Crippen LogP contribution in [-0.2, 0) is 17.1 Å². The molecular formula is C19H26N4O2S. The van der Waals surface area contributed by atoms with Gasteiger partial charge in [-0.05, 0) is 24.4 Å². The van der Waals surface area contributed by atoms with E-state index in [1.165, 1.54) is 31.2 Å². The van der Waals surface area contributed by atoms with E-state index in [9.17, 15) is 8.42 Å². The lowest BCUT2D eigenvalue weighted by molar-refractivity contribution is 0.450. The predicted octanol–water partition coefficient (Wildman–Crippen LogP) is 1.97. The van der Waals surface area contributed by atoms with E-state index in [2.05, 4.69) is 22.4 Å². The van der Waals surface area contributed by atoms with E-state index in [4.69, 9.17) is 0 Å². The maximum Gasteiger partial charge on any atom is 0.262 e. The Hall–Kier alpha value is -1.70. The van der Waals surface area contributed by atoms with Crippen molar-refractivity contribution < 1.29 is 8.42 Å². The summed E-state index contributed by atoms with van der Waals surface area (Å²) in [4.78, 5) is 4.06. The third-order valence-corrected chi connectivity index (χ3v) is 7.17. The van der Waals surface area contributed by atoms with Crippen molar-refractivity contribution in [1.82, 2.24) is 19.2 Å². The van der Waals surface area contributed by atoms with E-state index in [1.54, 1.807) is 22.1 Å². The first-order valence-electron chi connectivity index (χ1n) is 9.30. The zero-order chi connectivity index (χ0) is 18.1. The van der Waals surface area contributed by atoms with Crippen molar-refractivity contribution in [3.05, 3.63) is 48.4 Å². The highest BCUT2D eigenvalue weighted by atomic mass is 32.2. The van der Waals surface area contributed by atoms with E-state index in [-0.39, 0.29) is 17.0 Å². The van der Waals surface area contributed by atoms with Crippen LogP contribution in [0, 0.1) is 5.92 Å². The number of hydrogen-bond donors (Lipinski definition) is 1. The Balaban J connectivity index is 1.53. The Morgan fingerprint density at radius 2 is 1.96 bits per heavy atom. The molecule has 0 radical (unpaired) electrons. The third kappa shape index (κ3) is 3.70. The summed E-state index contributed by atoms with van der Waals surface area (Å²) < 4.78 is 29.2. The minimum Gasteiger partial charge on any atom is -0.339 e. The Labute approximate surface area is 155 Å². The summed E-state index contributed by atoms with van der Waals surface area (Å²) in [6.07, 6.45) is 6.97. The summed E-state index contributed by atoms with van der Waals surface area (Å²) in [6.45, 7) is 1.93. The van der Waals surface area contributed by atoms with Gasteiger partial charge in [-0.25, -0.2) is 13.4 Å². The van der Waals surface area contributed by atoms with E-state index < -0.39 is 10.0 Å². The molecule has 1 aliphatic carbocycles. The first-order valence-corrected chi connectivity index (χ1v) is 10.7. The smallest absolute Gasteiger partial charge is 0.262 e. The number of aryl methyl sites for hydroxylation is 1. The van der Waals surface area contributed by atoms with Crippen molar-refractivity contribution in [1.29, 1.82) is 0 Å². The van der Waals surface area contributed by atoms with Gasteiger partial charge in [0.1, 0.15) is 0 Å². The molecule has 2 aliphatic rings. The third-order valence-electron chi connectivity index (χ3n) is 5.46. The van der Waals surface area contributed by atoms with E-state index >= 15 is 0 Å². The molecule has 0 amide bonds. The monoisotopic (exact) mass is 374 g/mol. The average molecular weight is 375 g/mol.